The van der Waals surface area contributed by atoms with Crippen LogP contribution < -0.4 is 20.9 Å². The second-order valence-electron chi connectivity index (χ2n) is 14.8. The molecular weight excluding hydrogens is 747 g/mol. The highest BCUT2D eigenvalue weighted by Crippen LogP contribution is 2.39. The standard InChI is InChI=1S/C41H47Cl3N6O4/c1-10-31(54-32-17-16-25(40(6,7)11-2)19-28(32)41(8,9)12-3)38(52)45-27-15-13-14-24(18-27)37(51)46-36-34(33-22(4)47-48-23(33)5)39(53)50(49-36)35-29(43)20-26(42)21-30(35)44/h13-21,31,49H,10-12H2,1-9H3,(H,45,52)(H,46,51)(H,47,48). The van der Waals surface area contributed by atoms with E-state index in [1.165, 1.54) is 17.7 Å². The molecule has 0 aliphatic carbocycles. The van der Waals surface area contributed by atoms with Crippen LogP contribution in [0.15, 0.2) is 59.4 Å². The van der Waals surface area contributed by atoms with Crippen molar-refractivity contribution in [1.82, 2.24) is 20.0 Å². The molecule has 13 heteroatoms. The summed E-state index contributed by atoms with van der Waals surface area (Å²) in [6.45, 7) is 18.6. The molecule has 5 aromatic rings. The molecule has 0 aliphatic heterocycles. The summed E-state index contributed by atoms with van der Waals surface area (Å²) in [4.78, 5) is 41.5. The van der Waals surface area contributed by atoms with Crippen LogP contribution in [0.5, 0.6) is 5.75 Å². The van der Waals surface area contributed by atoms with Crippen molar-refractivity contribution in [2.24, 2.45) is 0 Å². The van der Waals surface area contributed by atoms with Gasteiger partial charge in [-0.25, -0.2) is 4.68 Å². The number of ether oxygens (including phenoxy) is 1. The van der Waals surface area contributed by atoms with Gasteiger partial charge in [0.2, 0.25) is 0 Å². The molecule has 0 saturated heterocycles. The van der Waals surface area contributed by atoms with Gasteiger partial charge in [-0.05, 0) is 85.9 Å². The van der Waals surface area contributed by atoms with Gasteiger partial charge < -0.3 is 15.4 Å². The van der Waals surface area contributed by atoms with Crippen molar-refractivity contribution in [2.45, 2.75) is 98.5 Å². The highest BCUT2D eigenvalue weighted by molar-refractivity contribution is 6.40. The molecule has 0 aliphatic rings. The normalized spacial score (nSPS) is 12.4. The third-order valence-electron chi connectivity index (χ3n) is 10.3. The number of rotatable bonds is 13. The van der Waals surface area contributed by atoms with Crippen molar-refractivity contribution < 1.29 is 14.3 Å². The van der Waals surface area contributed by atoms with Gasteiger partial charge >= 0.3 is 0 Å². The van der Waals surface area contributed by atoms with Gasteiger partial charge in [-0.1, -0.05) is 101 Å². The van der Waals surface area contributed by atoms with E-state index in [1.807, 2.05) is 13.0 Å². The number of benzene rings is 3. The molecule has 0 saturated carbocycles. The molecule has 4 N–H and O–H groups in total. The number of anilines is 2. The number of nitrogens with zero attached hydrogens (tertiary/aromatic N) is 2. The largest absolute Gasteiger partial charge is 0.480 e. The van der Waals surface area contributed by atoms with Crippen molar-refractivity contribution in [1.29, 1.82) is 0 Å². The molecule has 0 fully saturated rings. The van der Waals surface area contributed by atoms with Crippen LogP contribution in [0, 0.1) is 13.8 Å². The van der Waals surface area contributed by atoms with Gasteiger partial charge in [0.15, 0.2) is 6.10 Å². The highest BCUT2D eigenvalue weighted by Gasteiger charge is 2.30. The van der Waals surface area contributed by atoms with Crippen LogP contribution in [-0.2, 0) is 15.6 Å². The van der Waals surface area contributed by atoms with E-state index in [-0.39, 0.29) is 49.4 Å². The Kier molecular flexibility index (Phi) is 12.1. The van der Waals surface area contributed by atoms with Crippen LogP contribution in [0.1, 0.15) is 101 Å². The van der Waals surface area contributed by atoms with Gasteiger partial charge in [0.25, 0.3) is 17.4 Å². The third-order valence-corrected chi connectivity index (χ3v) is 11.1. The maximum Gasteiger partial charge on any atom is 0.281 e. The molecule has 2 heterocycles. The van der Waals surface area contributed by atoms with Gasteiger partial charge in [0, 0.05) is 33.1 Å². The first-order chi connectivity index (χ1) is 25.4. The van der Waals surface area contributed by atoms with Crippen LogP contribution in [-0.4, -0.2) is 37.9 Å². The van der Waals surface area contributed by atoms with E-state index in [0.717, 1.165) is 23.1 Å². The number of H-pyrrole nitrogens is 2. The number of hydrogen-bond acceptors (Lipinski definition) is 5. The molecular formula is C41H47Cl3N6O4. The fraction of sp³-hybridized carbons (Fsp3) is 0.366. The summed E-state index contributed by atoms with van der Waals surface area (Å²) in [6.07, 6.45) is 1.50. The predicted octanol–water partition coefficient (Wildman–Crippen LogP) is 10.6. The Hall–Kier alpha value is -4.51. The summed E-state index contributed by atoms with van der Waals surface area (Å²) >= 11 is 19.1. The van der Waals surface area contributed by atoms with E-state index >= 15 is 0 Å². The molecule has 5 rings (SSSR count). The molecule has 10 nitrogen and oxygen atoms in total. The minimum atomic E-state index is -0.792. The topological polar surface area (TPSA) is 134 Å². The molecule has 0 bridgehead atoms. The maximum atomic E-state index is 14.0. The first kappa shape index (κ1) is 40.7. The summed E-state index contributed by atoms with van der Waals surface area (Å²) in [7, 11) is 0. The third kappa shape index (κ3) is 8.26. The van der Waals surface area contributed by atoms with Crippen LogP contribution in [0.25, 0.3) is 16.8 Å². The number of hydrogen-bond donors (Lipinski definition) is 4. The zero-order valence-electron chi connectivity index (χ0n) is 32.1. The van der Waals surface area contributed by atoms with Gasteiger partial charge in [-0.2, -0.15) is 5.10 Å². The van der Waals surface area contributed by atoms with E-state index < -0.39 is 17.6 Å². The second-order valence-corrected chi connectivity index (χ2v) is 16.0. The van der Waals surface area contributed by atoms with Crippen molar-refractivity contribution in [3.05, 3.63) is 108 Å². The van der Waals surface area contributed by atoms with Crippen molar-refractivity contribution in [3.8, 4) is 22.6 Å². The van der Waals surface area contributed by atoms with Crippen LogP contribution in [0.3, 0.4) is 0 Å². The Labute approximate surface area is 330 Å². The predicted molar refractivity (Wildman–Crippen MR) is 219 cm³/mol. The number of amides is 2. The van der Waals surface area contributed by atoms with Crippen LogP contribution in [0.2, 0.25) is 15.1 Å². The van der Waals surface area contributed by atoms with Gasteiger partial charge in [-0.15, -0.1) is 0 Å². The lowest BCUT2D eigenvalue weighted by molar-refractivity contribution is -0.122. The Morgan fingerprint density at radius 3 is 2.15 bits per heavy atom. The number of halogens is 3. The van der Waals surface area contributed by atoms with Gasteiger partial charge in [0.1, 0.15) is 17.3 Å². The monoisotopic (exact) mass is 792 g/mol. The number of carbonyl (C=O) groups excluding carboxylic acids is 2. The molecule has 0 radical (unpaired) electrons. The minimum absolute atomic E-state index is 0.00788. The average molecular weight is 794 g/mol. The summed E-state index contributed by atoms with van der Waals surface area (Å²) in [5.41, 5.74) is 4.18. The Morgan fingerprint density at radius 1 is 0.889 bits per heavy atom. The first-order valence-electron chi connectivity index (χ1n) is 18.0. The average Bonchev–Trinajstić information content (AvgIpc) is 3.61. The molecule has 1 unspecified atom stereocenters. The molecule has 54 heavy (non-hydrogen) atoms. The molecule has 2 amide bonds. The summed E-state index contributed by atoms with van der Waals surface area (Å²) < 4.78 is 7.61. The molecule has 0 spiro atoms. The summed E-state index contributed by atoms with van der Waals surface area (Å²) in [5.74, 6) is -0.126. The van der Waals surface area contributed by atoms with Gasteiger partial charge in [-0.3, -0.25) is 24.6 Å². The number of aryl methyl sites for hydroxylation is 2. The fourth-order valence-corrected chi connectivity index (χ4v) is 7.17. The van der Waals surface area contributed by atoms with Crippen molar-refractivity contribution >= 4 is 58.1 Å². The Morgan fingerprint density at radius 2 is 1.56 bits per heavy atom. The van der Waals surface area contributed by atoms with Gasteiger partial charge in [0.05, 0.1) is 21.3 Å². The quantitative estimate of drug-likeness (QED) is 0.0942. The maximum absolute atomic E-state index is 14.0. The zero-order valence-corrected chi connectivity index (χ0v) is 34.3. The Bertz CT molecular complexity index is 2230. The van der Waals surface area contributed by atoms with E-state index in [1.54, 1.807) is 38.1 Å². The fourth-order valence-electron chi connectivity index (χ4n) is 6.18. The lowest BCUT2D eigenvalue weighted by Crippen LogP contribution is -2.33. The lowest BCUT2D eigenvalue weighted by atomic mass is 9.76. The lowest BCUT2D eigenvalue weighted by Gasteiger charge is -2.31. The number of aromatic nitrogens is 4. The minimum Gasteiger partial charge on any atom is -0.480 e. The SMILES string of the molecule is CCC(Oc1ccc(C(C)(C)CC)cc1C(C)(C)CC)C(=O)Nc1cccc(C(=O)Nc2[nH]n(-c3c(Cl)cc(Cl)cc3Cl)c(=O)c2-c2c(C)n[nH]c2C)c1. The molecule has 3 aromatic carbocycles. The molecule has 286 valence electrons. The van der Waals surface area contributed by atoms with Crippen LogP contribution >= 0.6 is 34.8 Å². The zero-order chi connectivity index (χ0) is 39.7. The smallest absolute Gasteiger partial charge is 0.281 e. The van der Waals surface area contributed by atoms with E-state index in [4.69, 9.17) is 39.5 Å². The number of nitrogens with one attached hydrogen (secondary N) is 4. The first-order valence-corrected chi connectivity index (χ1v) is 19.1. The van der Waals surface area contributed by atoms with E-state index in [9.17, 15) is 14.4 Å². The van der Waals surface area contributed by atoms with E-state index in [2.05, 4.69) is 79.6 Å². The molecule has 2 aromatic heterocycles. The van der Waals surface area contributed by atoms with Crippen molar-refractivity contribution in [2.75, 3.05) is 10.6 Å². The second kappa shape index (κ2) is 16.1. The summed E-state index contributed by atoms with van der Waals surface area (Å²) in [5, 5.41) is 16.4. The highest BCUT2D eigenvalue weighted by atomic mass is 35.5. The van der Waals surface area contributed by atoms with Crippen molar-refractivity contribution in [3.63, 3.8) is 0 Å². The van der Waals surface area contributed by atoms with E-state index in [0.29, 0.717) is 39.8 Å². The van der Waals surface area contributed by atoms with Crippen LogP contribution in [0.4, 0.5) is 11.5 Å². The molecule has 1 atom stereocenters. The summed E-state index contributed by atoms with van der Waals surface area (Å²) in [6, 6.07) is 15.7. The Balaban J connectivity index is 1.43. The number of aromatic amines is 2. The number of carbonyl (C=O) groups is 2.